The Morgan fingerprint density at radius 2 is 1.70 bits per heavy atom. The summed E-state index contributed by atoms with van der Waals surface area (Å²) in [5.74, 6) is -1.41. The molecule has 1 amide bonds. The number of halogens is 5. The van der Waals surface area contributed by atoms with Crippen molar-refractivity contribution in [3.8, 4) is 0 Å². The van der Waals surface area contributed by atoms with E-state index in [2.05, 4.69) is 5.32 Å². The second-order valence-electron chi connectivity index (χ2n) is 7.03. The van der Waals surface area contributed by atoms with Crippen LogP contribution in [0, 0.1) is 11.6 Å². The van der Waals surface area contributed by atoms with E-state index in [0.29, 0.717) is 28.2 Å². The fourth-order valence-corrected chi connectivity index (χ4v) is 3.43. The van der Waals surface area contributed by atoms with Crippen molar-refractivity contribution in [1.82, 2.24) is 10.2 Å². The lowest BCUT2D eigenvalue weighted by atomic mass is 9.95. The number of hydrogen-bond donors (Lipinski definition) is 1. The summed E-state index contributed by atoms with van der Waals surface area (Å²) in [5, 5.41) is 3.03. The second-order valence-corrected chi connectivity index (χ2v) is 7.03. The number of fused-ring (bicyclic) bond motifs is 1. The van der Waals surface area contributed by atoms with E-state index in [1.807, 2.05) is 0 Å². The van der Waals surface area contributed by atoms with Gasteiger partial charge in [0, 0.05) is 24.3 Å². The van der Waals surface area contributed by atoms with Gasteiger partial charge in [0.2, 0.25) is 0 Å². The highest BCUT2D eigenvalue weighted by molar-refractivity contribution is 5.99. The number of amides is 1. The molecule has 2 aromatic rings. The average Bonchev–Trinajstić information content (AvgIpc) is 2.68. The molecule has 0 fully saturated rings. The molecular formula is C22H15F5N2O. The molecule has 2 heterocycles. The van der Waals surface area contributed by atoms with Crippen molar-refractivity contribution in [1.29, 1.82) is 0 Å². The van der Waals surface area contributed by atoms with Crippen LogP contribution in [0.3, 0.4) is 0 Å². The Morgan fingerprint density at radius 3 is 2.33 bits per heavy atom. The SMILES string of the molecule is CC1=C(c2ccc(F)cc2F)C=C2NC(c3ccc(C(F)(F)F)cc3)=CC(=O)N2C1. The highest BCUT2D eigenvalue weighted by Gasteiger charge is 2.31. The standard InChI is InChI=1S/C22H15F5N2O/c1-12-11-29-20(9-17(12)16-7-6-15(23)8-18(16)24)28-19(10-21(29)30)13-2-4-14(5-3-13)22(25,26)27/h2-10,28H,11H2,1H3. The van der Waals surface area contributed by atoms with Gasteiger partial charge in [-0.25, -0.2) is 8.78 Å². The fourth-order valence-electron chi connectivity index (χ4n) is 3.43. The molecule has 0 bridgehead atoms. The molecule has 3 nitrogen and oxygen atoms in total. The zero-order valence-corrected chi connectivity index (χ0v) is 15.6. The van der Waals surface area contributed by atoms with Crippen molar-refractivity contribution in [3.05, 3.63) is 94.3 Å². The number of alkyl halides is 3. The molecule has 0 unspecified atom stereocenters. The lowest BCUT2D eigenvalue weighted by molar-refractivity contribution is -0.137. The van der Waals surface area contributed by atoms with Crippen molar-refractivity contribution < 1.29 is 26.7 Å². The highest BCUT2D eigenvalue weighted by atomic mass is 19.4. The van der Waals surface area contributed by atoms with Crippen LogP contribution in [0.15, 0.2) is 66.0 Å². The minimum absolute atomic E-state index is 0.195. The smallest absolute Gasteiger partial charge is 0.341 e. The number of carbonyl (C=O) groups is 1. The maximum absolute atomic E-state index is 14.3. The molecule has 2 aromatic carbocycles. The zero-order chi connectivity index (χ0) is 21.6. The van der Waals surface area contributed by atoms with Crippen molar-refractivity contribution in [2.24, 2.45) is 0 Å². The number of rotatable bonds is 2. The summed E-state index contributed by atoms with van der Waals surface area (Å²) in [6, 6.07) is 7.68. The van der Waals surface area contributed by atoms with Crippen molar-refractivity contribution in [3.63, 3.8) is 0 Å². The number of nitrogens with one attached hydrogen (secondary N) is 1. The molecule has 30 heavy (non-hydrogen) atoms. The first-order valence-electron chi connectivity index (χ1n) is 8.98. The van der Waals surface area contributed by atoms with Crippen LogP contribution in [0.2, 0.25) is 0 Å². The normalized spacial score (nSPS) is 16.7. The molecular weight excluding hydrogens is 403 g/mol. The third kappa shape index (κ3) is 3.60. The van der Waals surface area contributed by atoms with E-state index < -0.39 is 23.4 Å². The first kappa shape index (κ1) is 19.9. The summed E-state index contributed by atoms with van der Waals surface area (Å²) in [6.45, 7) is 1.94. The molecule has 0 atom stereocenters. The average molecular weight is 418 g/mol. The molecule has 8 heteroatoms. The summed E-state index contributed by atoms with van der Waals surface area (Å²) < 4.78 is 65.9. The van der Waals surface area contributed by atoms with Gasteiger partial charge < -0.3 is 5.32 Å². The molecule has 0 aromatic heterocycles. The van der Waals surface area contributed by atoms with Gasteiger partial charge in [-0.05, 0) is 54.0 Å². The minimum Gasteiger partial charge on any atom is -0.341 e. The molecule has 2 aliphatic rings. The minimum atomic E-state index is -4.46. The lowest BCUT2D eigenvalue weighted by Gasteiger charge is -2.34. The maximum atomic E-state index is 14.3. The fraction of sp³-hybridized carbons (Fsp3) is 0.136. The first-order valence-corrected chi connectivity index (χ1v) is 8.98. The third-order valence-electron chi connectivity index (χ3n) is 4.97. The van der Waals surface area contributed by atoms with Crippen LogP contribution in [-0.4, -0.2) is 17.4 Å². The number of hydrogen-bond acceptors (Lipinski definition) is 2. The summed E-state index contributed by atoms with van der Waals surface area (Å²) >= 11 is 0. The monoisotopic (exact) mass is 418 g/mol. The molecule has 0 saturated heterocycles. The Bertz CT molecular complexity index is 1130. The molecule has 1 N–H and O–H groups in total. The molecule has 154 valence electrons. The largest absolute Gasteiger partial charge is 0.416 e. The van der Waals surface area contributed by atoms with Gasteiger partial charge in [0.1, 0.15) is 17.5 Å². The van der Waals surface area contributed by atoms with Gasteiger partial charge in [-0.2, -0.15) is 13.2 Å². The third-order valence-corrected chi connectivity index (χ3v) is 4.97. The highest BCUT2D eigenvalue weighted by Crippen LogP contribution is 2.33. The van der Waals surface area contributed by atoms with Crippen LogP contribution >= 0.6 is 0 Å². The van der Waals surface area contributed by atoms with E-state index in [1.54, 1.807) is 13.0 Å². The van der Waals surface area contributed by atoms with Crippen LogP contribution in [-0.2, 0) is 11.0 Å². The van der Waals surface area contributed by atoms with Crippen LogP contribution in [0.1, 0.15) is 23.6 Å². The van der Waals surface area contributed by atoms with Crippen LogP contribution in [0.5, 0.6) is 0 Å². The summed E-state index contributed by atoms with van der Waals surface area (Å²) in [4.78, 5) is 14.0. The van der Waals surface area contributed by atoms with Crippen LogP contribution < -0.4 is 5.32 Å². The van der Waals surface area contributed by atoms with E-state index >= 15 is 0 Å². The lowest BCUT2D eigenvalue weighted by Crippen LogP contribution is -2.42. The summed E-state index contributed by atoms with van der Waals surface area (Å²) in [6.07, 6.45) is -1.58. The van der Waals surface area contributed by atoms with E-state index in [-0.39, 0.29) is 18.0 Å². The predicted octanol–water partition coefficient (Wildman–Crippen LogP) is 5.09. The Balaban J connectivity index is 1.68. The molecule has 0 spiro atoms. The Morgan fingerprint density at radius 1 is 1.00 bits per heavy atom. The predicted molar refractivity (Wildman–Crippen MR) is 101 cm³/mol. The van der Waals surface area contributed by atoms with Gasteiger partial charge in [0.25, 0.3) is 5.91 Å². The Hall–Kier alpha value is -3.42. The number of benzene rings is 2. The van der Waals surface area contributed by atoms with Crippen molar-refractivity contribution in [2.75, 3.05) is 6.54 Å². The number of allylic oxidation sites excluding steroid dienone is 2. The topological polar surface area (TPSA) is 32.3 Å². The van der Waals surface area contributed by atoms with E-state index in [0.717, 1.165) is 24.3 Å². The molecule has 4 rings (SSSR count). The van der Waals surface area contributed by atoms with Gasteiger partial charge in [-0.1, -0.05) is 12.1 Å². The number of nitrogens with zero attached hydrogens (tertiary/aromatic N) is 1. The molecule has 0 aliphatic carbocycles. The second kappa shape index (κ2) is 7.12. The molecule has 0 saturated carbocycles. The molecule has 2 aliphatic heterocycles. The zero-order valence-electron chi connectivity index (χ0n) is 15.6. The summed E-state index contributed by atoms with van der Waals surface area (Å²) in [5.41, 5.74) is 1.35. The van der Waals surface area contributed by atoms with E-state index in [4.69, 9.17) is 0 Å². The van der Waals surface area contributed by atoms with E-state index in [1.165, 1.54) is 29.2 Å². The quantitative estimate of drug-likeness (QED) is 0.690. The van der Waals surface area contributed by atoms with Gasteiger partial charge in [-0.3, -0.25) is 9.69 Å². The Labute approximate surface area is 168 Å². The van der Waals surface area contributed by atoms with E-state index in [9.17, 15) is 26.7 Å². The van der Waals surface area contributed by atoms with Gasteiger partial charge >= 0.3 is 6.18 Å². The van der Waals surface area contributed by atoms with Crippen molar-refractivity contribution >= 4 is 17.2 Å². The summed E-state index contributed by atoms with van der Waals surface area (Å²) in [7, 11) is 0. The van der Waals surface area contributed by atoms with Crippen LogP contribution in [0.4, 0.5) is 22.0 Å². The van der Waals surface area contributed by atoms with Gasteiger partial charge in [0.15, 0.2) is 0 Å². The van der Waals surface area contributed by atoms with Crippen LogP contribution in [0.25, 0.3) is 11.3 Å². The van der Waals surface area contributed by atoms with Gasteiger partial charge in [0.05, 0.1) is 11.3 Å². The van der Waals surface area contributed by atoms with Crippen molar-refractivity contribution in [2.45, 2.75) is 13.1 Å². The first-order chi connectivity index (χ1) is 14.1. The Kier molecular flexibility index (Phi) is 4.72. The number of carbonyl (C=O) groups excluding carboxylic acids is 1. The maximum Gasteiger partial charge on any atom is 0.416 e. The molecule has 0 radical (unpaired) electrons. The van der Waals surface area contributed by atoms with Gasteiger partial charge in [-0.15, -0.1) is 0 Å².